The maximum absolute atomic E-state index is 5.99. The highest BCUT2D eigenvalue weighted by molar-refractivity contribution is 6.32. The predicted molar refractivity (Wildman–Crippen MR) is 73.2 cm³/mol. The van der Waals surface area contributed by atoms with Gasteiger partial charge in [0.05, 0.1) is 17.7 Å². The van der Waals surface area contributed by atoms with Crippen LogP contribution in [0, 0.1) is 0 Å². The monoisotopic (exact) mass is 276 g/mol. The SMILES string of the molecule is CCN(c1cc(CCl)c(Cl)cn1)C(C)COC. The minimum atomic E-state index is 0.266. The smallest absolute Gasteiger partial charge is 0.129 e. The first-order valence-corrected chi connectivity index (χ1v) is 6.51. The molecule has 0 bridgehead atoms. The van der Waals surface area contributed by atoms with E-state index >= 15 is 0 Å². The second-order valence-electron chi connectivity index (χ2n) is 3.86. The third kappa shape index (κ3) is 3.73. The number of anilines is 1. The molecule has 5 heteroatoms. The number of rotatable bonds is 6. The minimum Gasteiger partial charge on any atom is -0.383 e. The van der Waals surface area contributed by atoms with Gasteiger partial charge in [-0.15, -0.1) is 11.6 Å². The van der Waals surface area contributed by atoms with Crippen LogP contribution in [0.1, 0.15) is 19.4 Å². The van der Waals surface area contributed by atoms with E-state index in [-0.39, 0.29) is 6.04 Å². The van der Waals surface area contributed by atoms with Crippen molar-refractivity contribution in [2.75, 3.05) is 25.2 Å². The van der Waals surface area contributed by atoms with E-state index in [4.69, 9.17) is 27.9 Å². The molecule has 17 heavy (non-hydrogen) atoms. The Morgan fingerprint density at radius 2 is 2.24 bits per heavy atom. The number of halogens is 2. The molecule has 0 saturated carbocycles. The summed E-state index contributed by atoms with van der Waals surface area (Å²) in [4.78, 5) is 6.50. The first-order chi connectivity index (χ1) is 8.13. The number of methoxy groups -OCH3 is 1. The third-order valence-corrected chi connectivity index (χ3v) is 3.27. The van der Waals surface area contributed by atoms with Gasteiger partial charge in [0.25, 0.3) is 0 Å². The molecule has 1 aromatic heterocycles. The van der Waals surface area contributed by atoms with E-state index < -0.39 is 0 Å². The second-order valence-corrected chi connectivity index (χ2v) is 4.53. The van der Waals surface area contributed by atoms with Gasteiger partial charge in [-0.3, -0.25) is 0 Å². The van der Waals surface area contributed by atoms with Gasteiger partial charge in [-0.1, -0.05) is 11.6 Å². The lowest BCUT2D eigenvalue weighted by Crippen LogP contribution is -2.36. The molecule has 1 unspecified atom stereocenters. The van der Waals surface area contributed by atoms with Crippen LogP contribution in [0.25, 0.3) is 0 Å². The topological polar surface area (TPSA) is 25.4 Å². The van der Waals surface area contributed by atoms with Crippen molar-refractivity contribution >= 4 is 29.0 Å². The standard InChI is InChI=1S/C12H18Cl2N2O/c1-4-16(9(2)8-17-3)12-5-10(6-13)11(14)7-15-12/h5,7,9H,4,6,8H2,1-3H3. The average molecular weight is 277 g/mol. The van der Waals surface area contributed by atoms with Crippen LogP contribution >= 0.6 is 23.2 Å². The molecule has 0 radical (unpaired) electrons. The molecule has 1 rings (SSSR count). The van der Waals surface area contributed by atoms with Crippen LogP contribution in [-0.2, 0) is 10.6 Å². The van der Waals surface area contributed by atoms with Crippen molar-refractivity contribution in [1.82, 2.24) is 4.98 Å². The molecule has 0 amide bonds. The number of aromatic nitrogens is 1. The number of hydrogen-bond acceptors (Lipinski definition) is 3. The summed E-state index contributed by atoms with van der Waals surface area (Å²) >= 11 is 11.8. The van der Waals surface area contributed by atoms with Crippen LogP contribution in [0.4, 0.5) is 5.82 Å². The van der Waals surface area contributed by atoms with E-state index in [2.05, 4.69) is 23.7 Å². The Morgan fingerprint density at radius 3 is 2.76 bits per heavy atom. The molecule has 0 fully saturated rings. The summed E-state index contributed by atoms with van der Waals surface area (Å²) in [5.41, 5.74) is 0.904. The van der Waals surface area contributed by atoms with Crippen molar-refractivity contribution in [3.63, 3.8) is 0 Å². The van der Waals surface area contributed by atoms with Crippen LogP contribution in [0.15, 0.2) is 12.3 Å². The lowest BCUT2D eigenvalue weighted by molar-refractivity contribution is 0.181. The highest BCUT2D eigenvalue weighted by Crippen LogP contribution is 2.23. The van der Waals surface area contributed by atoms with Gasteiger partial charge in [-0.05, 0) is 25.5 Å². The Bertz CT molecular complexity index is 360. The average Bonchev–Trinajstić information content (AvgIpc) is 2.32. The van der Waals surface area contributed by atoms with E-state index in [0.29, 0.717) is 17.5 Å². The van der Waals surface area contributed by atoms with Gasteiger partial charge in [0.2, 0.25) is 0 Å². The summed E-state index contributed by atoms with van der Waals surface area (Å²) in [6.07, 6.45) is 1.65. The molecule has 0 spiro atoms. The Kier molecular flexibility index (Phi) is 6.03. The number of alkyl halides is 1. The predicted octanol–water partition coefficient (Wildman–Crippen LogP) is 3.34. The van der Waals surface area contributed by atoms with Gasteiger partial charge >= 0.3 is 0 Å². The molecule has 96 valence electrons. The van der Waals surface area contributed by atoms with Crippen molar-refractivity contribution < 1.29 is 4.74 Å². The zero-order valence-corrected chi connectivity index (χ0v) is 11.9. The van der Waals surface area contributed by atoms with E-state index in [0.717, 1.165) is 17.9 Å². The van der Waals surface area contributed by atoms with E-state index in [1.807, 2.05) is 6.07 Å². The summed E-state index contributed by atoms with van der Waals surface area (Å²) in [5, 5.41) is 0.610. The second kappa shape index (κ2) is 7.04. The molecule has 0 saturated heterocycles. The Labute approximate surface area is 113 Å². The maximum atomic E-state index is 5.99. The van der Waals surface area contributed by atoms with Gasteiger partial charge in [-0.25, -0.2) is 4.98 Å². The van der Waals surface area contributed by atoms with Crippen molar-refractivity contribution in [2.24, 2.45) is 0 Å². The van der Waals surface area contributed by atoms with Gasteiger partial charge in [0.15, 0.2) is 0 Å². The fourth-order valence-electron chi connectivity index (χ4n) is 1.76. The third-order valence-electron chi connectivity index (χ3n) is 2.64. The lowest BCUT2D eigenvalue weighted by Gasteiger charge is -2.29. The summed E-state index contributed by atoms with van der Waals surface area (Å²) in [7, 11) is 1.70. The lowest BCUT2D eigenvalue weighted by atomic mass is 10.2. The molecule has 0 aliphatic rings. The van der Waals surface area contributed by atoms with Crippen molar-refractivity contribution in [3.05, 3.63) is 22.8 Å². The molecule has 0 N–H and O–H groups in total. The first-order valence-electron chi connectivity index (χ1n) is 5.60. The van der Waals surface area contributed by atoms with Crippen molar-refractivity contribution in [1.29, 1.82) is 0 Å². The van der Waals surface area contributed by atoms with Crippen LogP contribution in [0.2, 0.25) is 5.02 Å². The normalized spacial score (nSPS) is 12.5. The quantitative estimate of drug-likeness (QED) is 0.746. The first kappa shape index (κ1) is 14.6. The van der Waals surface area contributed by atoms with E-state index in [9.17, 15) is 0 Å². The molecular weight excluding hydrogens is 259 g/mol. The Balaban J connectivity index is 2.95. The zero-order chi connectivity index (χ0) is 12.8. The molecule has 0 aliphatic carbocycles. The maximum Gasteiger partial charge on any atom is 0.129 e. The van der Waals surface area contributed by atoms with Gasteiger partial charge in [-0.2, -0.15) is 0 Å². The van der Waals surface area contributed by atoms with Crippen LogP contribution in [-0.4, -0.2) is 31.3 Å². The number of likely N-dealkylation sites (N-methyl/N-ethyl adjacent to an activating group) is 1. The Hall–Kier alpha value is -0.510. The van der Waals surface area contributed by atoms with Crippen LogP contribution < -0.4 is 4.90 Å². The van der Waals surface area contributed by atoms with Crippen molar-refractivity contribution in [3.8, 4) is 0 Å². The number of hydrogen-bond donors (Lipinski definition) is 0. The molecule has 1 atom stereocenters. The molecule has 0 aliphatic heterocycles. The highest BCUT2D eigenvalue weighted by Gasteiger charge is 2.15. The zero-order valence-electron chi connectivity index (χ0n) is 10.4. The van der Waals surface area contributed by atoms with Crippen molar-refractivity contribution in [2.45, 2.75) is 25.8 Å². The number of ether oxygens (including phenoxy) is 1. The Morgan fingerprint density at radius 1 is 1.53 bits per heavy atom. The van der Waals surface area contributed by atoms with Gasteiger partial charge in [0, 0.05) is 25.7 Å². The van der Waals surface area contributed by atoms with Gasteiger partial charge < -0.3 is 9.64 Å². The molecular formula is C12H18Cl2N2O. The molecule has 0 aromatic carbocycles. The van der Waals surface area contributed by atoms with E-state index in [1.165, 1.54) is 0 Å². The van der Waals surface area contributed by atoms with E-state index in [1.54, 1.807) is 13.3 Å². The fourth-order valence-corrected chi connectivity index (χ4v) is 2.22. The number of nitrogens with zero attached hydrogens (tertiary/aromatic N) is 2. The fraction of sp³-hybridized carbons (Fsp3) is 0.583. The summed E-state index contributed by atoms with van der Waals surface area (Å²) in [6, 6.07) is 2.20. The summed E-state index contributed by atoms with van der Waals surface area (Å²) in [5.74, 6) is 1.28. The summed E-state index contributed by atoms with van der Waals surface area (Å²) < 4.78 is 5.17. The molecule has 1 aromatic rings. The summed E-state index contributed by atoms with van der Waals surface area (Å²) in [6.45, 7) is 5.71. The largest absolute Gasteiger partial charge is 0.383 e. The highest BCUT2D eigenvalue weighted by atomic mass is 35.5. The number of pyridine rings is 1. The minimum absolute atomic E-state index is 0.266. The van der Waals surface area contributed by atoms with Crippen LogP contribution in [0.5, 0.6) is 0 Å². The molecule has 1 heterocycles. The van der Waals surface area contributed by atoms with Crippen LogP contribution in [0.3, 0.4) is 0 Å². The van der Waals surface area contributed by atoms with Gasteiger partial charge in [0.1, 0.15) is 5.82 Å². The molecule has 3 nitrogen and oxygen atoms in total.